The lowest BCUT2D eigenvalue weighted by molar-refractivity contribution is 0.717. The van der Waals surface area contributed by atoms with Crippen molar-refractivity contribution in [3.05, 3.63) is 64.9 Å². The fourth-order valence-corrected chi connectivity index (χ4v) is 3.36. The molecule has 0 radical (unpaired) electrons. The second-order valence-electron chi connectivity index (χ2n) is 6.41. The number of aryl methyl sites for hydroxylation is 2. The molecule has 1 nitrogen and oxygen atoms in total. The van der Waals surface area contributed by atoms with Crippen molar-refractivity contribution in [2.45, 2.75) is 45.4 Å². The van der Waals surface area contributed by atoms with Crippen molar-refractivity contribution in [1.29, 1.82) is 0 Å². The van der Waals surface area contributed by atoms with Crippen LogP contribution in [0.15, 0.2) is 53.2 Å². The SMILES string of the molecule is CCCCCc1ccc(-c2ccc3c(c2)CCC(N=C=S)=C3)cc1. The maximum Gasteiger partial charge on any atom is 0.0637 e. The molecule has 122 valence electrons. The highest BCUT2D eigenvalue weighted by Gasteiger charge is 2.11. The summed E-state index contributed by atoms with van der Waals surface area (Å²) < 4.78 is 0. The largest absolute Gasteiger partial charge is 0.199 e. The summed E-state index contributed by atoms with van der Waals surface area (Å²) in [5, 5.41) is 2.47. The molecule has 0 saturated heterocycles. The molecule has 0 unspecified atom stereocenters. The van der Waals surface area contributed by atoms with E-state index in [1.54, 1.807) is 0 Å². The number of aliphatic imine (C=N–C) groups is 1. The third-order valence-electron chi connectivity index (χ3n) is 4.66. The van der Waals surface area contributed by atoms with E-state index in [9.17, 15) is 0 Å². The maximum atomic E-state index is 4.70. The number of nitrogens with zero attached hydrogens (tertiary/aromatic N) is 1. The molecule has 0 fully saturated rings. The Morgan fingerprint density at radius 1 is 1.00 bits per heavy atom. The minimum atomic E-state index is 0.941. The molecule has 1 aliphatic rings. The molecule has 2 heteroatoms. The van der Waals surface area contributed by atoms with Gasteiger partial charge in [-0.3, -0.25) is 0 Å². The summed E-state index contributed by atoms with van der Waals surface area (Å²) in [7, 11) is 0. The average molecular weight is 334 g/mol. The van der Waals surface area contributed by atoms with Gasteiger partial charge in [-0.1, -0.05) is 62.2 Å². The molecule has 0 amide bonds. The van der Waals surface area contributed by atoms with Gasteiger partial charge in [0.05, 0.1) is 10.9 Å². The van der Waals surface area contributed by atoms with Gasteiger partial charge in [0.2, 0.25) is 0 Å². The summed E-state index contributed by atoms with van der Waals surface area (Å²) in [5.41, 5.74) is 7.71. The second-order valence-corrected chi connectivity index (χ2v) is 6.59. The fourth-order valence-electron chi connectivity index (χ4n) is 3.25. The standard InChI is InChI=1S/C22H23NS/c1-2-3-4-5-17-6-8-18(9-7-17)19-10-11-21-15-22(23-16-24)13-12-20(21)14-19/h6-11,14-15H,2-5,12-13H2,1H3. The van der Waals surface area contributed by atoms with E-state index >= 15 is 0 Å². The summed E-state index contributed by atoms with van der Waals surface area (Å²) in [4.78, 5) is 4.13. The van der Waals surface area contributed by atoms with Gasteiger partial charge in [-0.05, 0) is 71.8 Å². The van der Waals surface area contributed by atoms with Gasteiger partial charge in [0.15, 0.2) is 0 Å². The van der Waals surface area contributed by atoms with Crippen molar-refractivity contribution in [3.63, 3.8) is 0 Å². The number of allylic oxidation sites excluding steroid dienone is 1. The first-order valence-electron chi connectivity index (χ1n) is 8.81. The number of benzene rings is 2. The van der Waals surface area contributed by atoms with E-state index in [0.29, 0.717) is 0 Å². The van der Waals surface area contributed by atoms with Gasteiger partial charge >= 0.3 is 0 Å². The molecule has 0 N–H and O–H groups in total. The van der Waals surface area contributed by atoms with Crippen molar-refractivity contribution in [3.8, 4) is 11.1 Å². The first-order valence-corrected chi connectivity index (χ1v) is 9.21. The van der Waals surface area contributed by atoms with E-state index in [1.165, 1.54) is 53.5 Å². The predicted octanol–water partition coefficient (Wildman–Crippen LogP) is 6.48. The third-order valence-corrected chi connectivity index (χ3v) is 4.75. The molecule has 0 aliphatic heterocycles. The van der Waals surface area contributed by atoms with Gasteiger partial charge in [0, 0.05) is 0 Å². The fraction of sp³-hybridized carbons (Fsp3) is 0.318. The lowest BCUT2D eigenvalue weighted by Crippen LogP contribution is -1.98. The molecule has 1 aliphatic carbocycles. The Labute approximate surface area is 150 Å². The van der Waals surface area contributed by atoms with Gasteiger partial charge in [0.25, 0.3) is 0 Å². The molecular weight excluding hydrogens is 310 g/mol. The van der Waals surface area contributed by atoms with Crippen LogP contribution in [-0.2, 0) is 12.8 Å². The molecule has 0 atom stereocenters. The number of isothiocyanates is 1. The molecule has 24 heavy (non-hydrogen) atoms. The lowest BCUT2D eigenvalue weighted by Gasteiger charge is -2.15. The van der Waals surface area contributed by atoms with Crippen LogP contribution in [0.1, 0.15) is 49.3 Å². The monoisotopic (exact) mass is 333 g/mol. The van der Waals surface area contributed by atoms with Crippen LogP contribution in [0.4, 0.5) is 0 Å². The number of rotatable bonds is 6. The van der Waals surface area contributed by atoms with Crippen LogP contribution >= 0.6 is 12.2 Å². The topological polar surface area (TPSA) is 12.4 Å². The van der Waals surface area contributed by atoms with E-state index < -0.39 is 0 Å². The number of unbranched alkanes of at least 4 members (excludes halogenated alkanes) is 2. The van der Waals surface area contributed by atoms with Gasteiger partial charge < -0.3 is 0 Å². The number of fused-ring (bicyclic) bond motifs is 1. The number of hydrogen-bond donors (Lipinski definition) is 0. The van der Waals surface area contributed by atoms with E-state index in [-0.39, 0.29) is 0 Å². The van der Waals surface area contributed by atoms with Crippen LogP contribution in [-0.4, -0.2) is 5.16 Å². The lowest BCUT2D eigenvalue weighted by atomic mass is 9.91. The summed E-state index contributed by atoms with van der Waals surface area (Å²) in [6.45, 7) is 2.25. The van der Waals surface area contributed by atoms with Crippen LogP contribution in [0, 0.1) is 0 Å². The van der Waals surface area contributed by atoms with Crippen molar-refractivity contribution >= 4 is 23.5 Å². The first-order chi connectivity index (χ1) is 11.8. The van der Waals surface area contributed by atoms with Gasteiger partial charge in [0.1, 0.15) is 0 Å². The Morgan fingerprint density at radius 3 is 2.54 bits per heavy atom. The minimum absolute atomic E-state index is 0.941. The van der Waals surface area contributed by atoms with Gasteiger partial charge in [-0.15, -0.1) is 0 Å². The number of hydrogen-bond acceptors (Lipinski definition) is 2. The van der Waals surface area contributed by atoms with Crippen LogP contribution in [0.25, 0.3) is 17.2 Å². The molecule has 0 bridgehead atoms. The van der Waals surface area contributed by atoms with Crippen molar-refractivity contribution in [2.24, 2.45) is 4.99 Å². The first kappa shape index (κ1) is 16.8. The van der Waals surface area contributed by atoms with E-state index in [0.717, 1.165) is 18.5 Å². The zero-order valence-electron chi connectivity index (χ0n) is 14.2. The Bertz CT molecular complexity index is 780. The van der Waals surface area contributed by atoms with Gasteiger partial charge in [-0.2, -0.15) is 4.99 Å². The van der Waals surface area contributed by atoms with E-state index in [1.807, 2.05) is 0 Å². The van der Waals surface area contributed by atoms with E-state index in [2.05, 4.69) is 65.6 Å². The maximum absolute atomic E-state index is 4.70. The smallest absolute Gasteiger partial charge is 0.0637 e. The summed E-state index contributed by atoms with van der Waals surface area (Å²) in [6.07, 6.45) is 9.15. The van der Waals surface area contributed by atoms with E-state index in [4.69, 9.17) is 12.2 Å². The van der Waals surface area contributed by atoms with Crippen LogP contribution in [0.3, 0.4) is 0 Å². The zero-order valence-corrected chi connectivity index (χ0v) is 15.0. The van der Waals surface area contributed by atoms with Crippen molar-refractivity contribution in [1.82, 2.24) is 0 Å². The second kappa shape index (κ2) is 8.19. The molecular formula is C22H23NS. The summed E-state index contributed by atoms with van der Waals surface area (Å²) >= 11 is 4.70. The van der Waals surface area contributed by atoms with Crippen LogP contribution < -0.4 is 0 Å². The average Bonchev–Trinajstić information content (AvgIpc) is 2.62. The van der Waals surface area contributed by atoms with Crippen LogP contribution in [0.5, 0.6) is 0 Å². The summed E-state index contributed by atoms with van der Waals surface area (Å²) in [5.74, 6) is 0. The molecule has 0 saturated carbocycles. The molecule has 0 spiro atoms. The summed E-state index contributed by atoms with van der Waals surface area (Å²) in [6, 6.07) is 15.8. The predicted molar refractivity (Wildman–Crippen MR) is 106 cm³/mol. The Kier molecular flexibility index (Phi) is 5.74. The highest BCUT2D eigenvalue weighted by Crippen LogP contribution is 2.29. The number of thiocarbonyl (C=S) groups is 1. The van der Waals surface area contributed by atoms with Gasteiger partial charge in [-0.25, -0.2) is 0 Å². The molecule has 2 aromatic rings. The Balaban J connectivity index is 1.77. The quantitative estimate of drug-likeness (QED) is 0.335. The van der Waals surface area contributed by atoms with Crippen molar-refractivity contribution < 1.29 is 0 Å². The molecule has 2 aromatic carbocycles. The Hall–Kier alpha value is -2.02. The van der Waals surface area contributed by atoms with Crippen LogP contribution in [0.2, 0.25) is 0 Å². The zero-order chi connectivity index (χ0) is 16.8. The van der Waals surface area contributed by atoms with Crippen molar-refractivity contribution in [2.75, 3.05) is 0 Å². The molecule has 0 aromatic heterocycles. The molecule has 0 heterocycles. The highest BCUT2D eigenvalue weighted by molar-refractivity contribution is 7.78. The highest BCUT2D eigenvalue weighted by atomic mass is 32.1. The molecule has 3 rings (SSSR count). The minimum Gasteiger partial charge on any atom is -0.199 e. The normalized spacial score (nSPS) is 13.0. The third kappa shape index (κ3) is 4.08. The Morgan fingerprint density at radius 2 is 1.79 bits per heavy atom.